The highest BCUT2D eigenvalue weighted by molar-refractivity contribution is 5.97. The highest BCUT2D eigenvalue weighted by Gasteiger charge is 2.45. The summed E-state index contributed by atoms with van der Waals surface area (Å²) in [6.07, 6.45) is 5.06. The van der Waals surface area contributed by atoms with Gasteiger partial charge in [-0.3, -0.25) is 19.0 Å². The van der Waals surface area contributed by atoms with Crippen LogP contribution in [0.4, 0.5) is 17.3 Å². The number of aryl methyl sites for hydroxylation is 1. The molecule has 0 aromatic carbocycles. The molecule has 10 nitrogen and oxygen atoms in total. The molecule has 1 aliphatic carbocycles. The van der Waals surface area contributed by atoms with E-state index in [9.17, 15) is 14.4 Å². The fourth-order valence-corrected chi connectivity index (χ4v) is 4.32. The van der Waals surface area contributed by atoms with Crippen molar-refractivity contribution in [2.75, 3.05) is 23.8 Å². The number of fused-ring (bicyclic) bond motifs is 2. The van der Waals surface area contributed by atoms with Gasteiger partial charge < -0.3 is 20.7 Å². The second kappa shape index (κ2) is 7.45. The summed E-state index contributed by atoms with van der Waals surface area (Å²) in [5, 5.41) is 8.82. The van der Waals surface area contributed by atoms with Gasteiger partial charge in [0.2, 0.25) is 5.91 Å². The summed E-state index contributed by atoms with van der Waals surface area (Å²) in [4.78, 5) is 46.3. The van der Waals surface area contributed by atoms with Gasteiger partial charge >= 0.3 is 0 Å². The van der Waals surface area contributed by atoms with Crippen LogP contribution in [0.25, 0.3) is 0 Å². The molecule has 2 aromatic rings. The Morgan fingerprint density at radius 1 is 1.23 bits per heavy atom. The fraction of sp³-hybridized carbons (Fsp3) is 0.476. The Morgan fingerprint density at radius 3 is 2.71 bits per heavy atom. The van der Waals surface area contributed by atoms with Crippen LogP contribution in [0.2, 0.25) is 0 Å². The molecule has 1 saturated heterocycles. The van der Waals surface area contributed by atoms with E-state index in [0.717, 1.165) is 12.8 Å². The summed E-state index contributed by atoms with van der Waals surface area (Å²) in [5.41, 5.74) is 0.303. The van der Waals surface area contributed by atoms with E-state index < -0.39 is 5.66 Å². The normalized spacial score (nSPS) is 19.1. The van der Waals surface area contributed by atoms with Gasteiger partial charge in [0, 0.05) is 25.3 Å². The highest BCUT2D eigenvalue weighted by atomic mass is 16.5. The van der Waals surface area contributed by atoms with Crippen molar-refractivity contribution in [3.05, 3.63) is 40.1 Å². The smallest absolute Gasteiger partial charge is 0.276 e. The van der Waals surface area contributed by atoms with Gasteiger partial charge in [-0.1, -0.05) is 0 Å². The first-order chi connectivity index (χ1) is 14.9. The van der Waals surface area contributed by atoms with Crippen molar-refractivity contribution in [3.8, 4) is 0 Å². The number of nitrogens with one attached hydrogen (secondary N) is 3. The lowest BCUT2D eigenvalue weighted by Crippen LogP contribution is -2.51. The van der Waals surface area contributed by atoms with E-state index in [4.69, 9.17) is 4.74 Å². The van der Waals surface area contributed by atoms with E-state index in [0.29, 0.717) is 67.0 Å². The van der Waals surface area contributed by atoms with Crippen molar-refractivity contribution >= 4 is 29.1 Å². The molecule has 2 aliphatic heterocycles. The number of pyridine rings is 1. The molecule has 31 heavy (non-hydrogen) atoms. The van der Waals surface area contributed by atoms with E-state index >= 15 is 0 Å². The predicted molar refractivity (Wildman–Crippen MR) is 112 cm³/mol. The number of anilines is 3. The van der Waals surface area contributed by atoms with Crippen molar-refractivity contribution in [2.45, 2.75) is 44.7 Å². The molecule has 4 heterocycles. The van der Waals surface area contributed by atoms with Crippen LogP contribution < -0.4 is 21.5 Å². The molecule has 162 valence electrons. The molecular formula is C21H24N6O4. The standard InChI is InChI=1S/C21H24N6O4/c1-12-8-14(20(30)27-18(12)19(29)26-21(27)4-6-31-7-5-21)24-15-10-16(23-11-22-15)25-17(28)9-13-2-3-13/h8,10-11,13H,2-7,9H2,1H3,(H,26,29)(H2,22,23,24,25,28). The van der Waals surface area contributed by atoms with E-state index in [2.05, 4.69) is 25.9 Å². The average Bonchev–Trinajstić information content (AvgIpc) is 3.49. The number of nitrogens with zero attached hydrogens (tertiary/aromatic N) is 3. The van der Waals surface area contributed by atoms with Crippen LogP contribution in [-0.2, 0) is 15.2 Å². The third kappa shape index (κ3) is 3.67. The molecule has 0 radical (unpaired) electrons. The third-order valence-electron chi connectivity index (χ3n) is 6.07. The van der Waals surface area contributed by atoms with Gasteiger partial charge in [0.15, 0.2) is 0 Å². The van der Waals surface area contributed by atoms with Gasteiger partial charge in [-0.25, -0.2) is 9.97 Å². The maximum atomic E-state index is 13.4. The maximum Gasteiger partial charge on any atom is 0.276 e. The first-order valence-electron chi connectivity index (χ1n) is 10.5. The summed E-state index contributed by atoms with van der Waals surface area (Å²) in [5.74, 6) is 0.908. The highest BCUT2D eigenvalue weighted by Crippen LogP contribution is 2.34. The molecule has 0 atom stereocenters. The quantitative estimate of drug-likeness (QED) is 0.666. The molecule has 3 N–H and O–H groups in total. The maximum absolute atomic E-state index is 13.4. The topological polar surface area (TPSA) is 127 Å². The molecular weight excluding hydrogens is 400 g/mol. The second-order valence-corrected chi connectivity index (χ2v) is 8.44. The second-order valence-electron chi connectivity index (χ2n) is 8.44. The van der Waals surface area contributed by atoms with E-state index in [-0.39, 0.29) is 17.4 Å². The Morgan fingerprint density at radius 2 is 1.97 bits per heavy atom. The number of rotatable bonds is 5. The Labute approximate surface area is 178 Å². The number of hydrogen-bond acceptors (Lipinski definition) is 7. The first-order valence-corrected chi connectivity index (χ1v) is 10.5. The number of hydrogen-bond donors (Lipinski definition) is 3. The zero-order chi connectivity index (χ0) is 21.6. The van der Waals surface area contributed by atoms with Gasteiger partial charge in [-0.05, 0) is 37.3 Å². The monoisotopic (exact) mass is 424 g/mol. The minimum Gasteiger partial charge on any atom is -0.381 e. The van der Waals surface area contributed by atoms with Crippen molar-refractivity contribution in [1.82, 2.24) is 19.9 Å². The van der Waals surface area contributed by atoms with Crippen LogP contribution in [0.15, 0.2) is 23.3 Å². The van der Waals surface area contributed by atoms with Crippen molar-refractivity contribution in [1.29, 1.82) is 0 Å². The van der Waals surface area contributed by atoms with E-state index in [1.807, 2.05) is 0 Å². The molecule has 2 aromatic heterocycles. The molecule has 1 saturated carbocycles. The lowest BCUT2D eigenvalue weighted by atomic mass is 10.0. The average molecular weight is 424 g/mol. The summed E-state index contributed by atoms with van der Waals surface area (Å²) >= 11 is 0. The van der Waals surface area contributed by atoms with E-state index in [1.165, 1.54) is 6.33 Å². The van der Waals surface area contributed by atoms with Crippen LogP contribution in [0.1, 0.15) is 48.2 Å². The van der Waals surface area contributed by atoms with Crippen LogP contribution in [-0.4, -0.2) is 39.6 Å². The largest absolute Gasteiger partial charge is 0.381 e. The van der Waals surface area contributed by atoms with Gasteiger partial charge in [0.1, 0.15) is 35.0 Å². The summed E-state index contributed by atoms with van der Waals surface area (Å²) in [7, 11) is 0. The molecule has 10 heteroatoms. The number of ether oxygens (including phenoxy) is 1. The van der Waals surface area contributed by atoms with Crippen molar-refractivity contribution in [3.63, 3.8) is 0 Å². The van der Waals surface area contributed by atoms with Crippen LogP contribution in [0.3, 0.4) is 0 Å². The zero-order valence-corrected chi connectivity index (χ0v) is 17.2. The summed E-state index contributed by atoms with van der Waals surface area (Å²) < 4.78 is 7.01. The number of carbonyl (C=O) groups excluding carboxylic acids is 2. The van der Waals surface area contributed by atoms with Crippen LogP contribution >= 0.6 is 0 Å². The fourth-order valence-electron chi connectivity index (χ4n) is 4.32. The Kier molecular flexibility index (Phi) is 4.73. The van der Waals surface area contributed by atoms with Crippen LogP contribution in [0.5, 0.6) is 0 Å². The lowest BCUT2D eigenvalue weighted by Gasteiger charge is -2.35. The third-order valence-corrected chi connectivity index (χ3v) is 6.07. The number of amides is 2. The molecule has 2 fully saturated rings. The Bertz CT molecular complexity index is 1120. The Hall–Kier alpha value is -3.27. The summed E-state index contributed by atoms with van der Waals surface area (Å²) in [6, 6.07) is 3.24. The molecule has 2 amide bonds. The van der Waals surface area contributed by atoms with Gasteiger partial charge in [-0.2, -0.15) is 0 Å². The first kappa shape index (κ1) is 19.7. The van der Waals surface area contributed by atoms with Gasteiger partial charge in [0.25, 0.3) is 11.5 Å². The predicted octanol–water partition coefficient (Wildman–Crippen LogP) is 1.64. The molecule has 5 rings (SSSR count). The number of aromatic nitrogens is 3. The van der Waals surface area contributed by atoms with Crippen LogP contribution in [0, 0.1) is 12.8 Å². The van der Waals surface area contributed by atoms with Gasteiger partial charge in [0.05, 0.1) is 13.2 Å². The molecule has 0 bridgehead atoms. The molecule has 1 spiro atoms. The van der Waals surface area contributed by atoms with Gasteiger partial charge in [-0.15, -0.1) is 0 Å². The summed E-state index contributed by atoms with van der Waals surface area (Å²) in [6.45, 7) is 2.75. The molecule has 3 aliphatic rings. The van der Waals surface area contributed by atoms with E-state index in [1.54, 1.807) is 23.6 Å². The van der Waals surface area contributed by atoms with Crippen molar-refractivity contribution < 1.29 is 14.3 Å². The SMILES string of the molecule is Cc1cc(Nc2cc(NC(=O)CC3CC3)ncn2)c(=O)n2c1C(=O)NC21CCOCC1. The minimum atomic E-state index is -0.766. The van der Waals surface area contributed by atoms with Crippen molar-refractivity contribution in [2.24, 2.45) is 5.92 Å². The molecule has 0 unspecified atom stereocenters. The zero-order valence-electron chi connectivity index (χ0n) is 17.2. The Balaban J connectivity index is 1.44. The lowest BCUT2D eigenvalue weighted by molar-refractivity contribution is -0.116. The minimum absolute atomic E-state index is 0.0772. The number of carbonyl (C=O) groups is 2.